The first-order chi connectivity index (χ1) is 9.52. The average molecular weight is 316 g/mol. The molecule has 0 aliphatic carbocycles. The Kier molecular flexibility index (Phi) is 8.60. The van der Waals surface area contributed by atoms with Crippen LogP contribution in [0.3, 0.4) is 0 Å². The summed E-state index contributed by atoms with van der Waals surface area (Å²) in [6.45, 7) is 7.83. The van der Waals surface area contributed by atoms with E-state index < -0.39 is 0 Å². The van der Waals surface area contributed by atoms with Crippen molar-refractivity contribution in [2.24, 2.45) is 5.92 Å². The lowest BCUT2D eigenvalue weighted by Crippen LogP contribution is -2.32. The van der Waals surface area contributed by atoms with E-state index >= 15 is 0 Å². The Balaban J connectivity index is 2.58. The number of rotatable bonds is 9. The largest absolute Gasteiger partial charge is 0.314 e. The number of benzene rings is 1. The summed E-state index contributed by atoms with van der Waals surface area (Å²) >= 11 is 12.2. The topological polar surface area (TPSA) is 12.0 Å². The molecule has 0 aliphatic rings. The van der Waals surface area contributed by atoms with Gasteiger partial charge in [-0.2, -0.15) is 0 Å². The molecule has 0 saturated carbocycles. The fourth-order valence-corrected chi connectivity index (χ4v) is 2.84. The lowest BCUT2D eigenvalue weighted by atomic mass is 9.98. The Hall–Kier alpha value is -0.240. The van der Waals surface area contributed by atoms with Crippen LogP contribution in [0.2, 0.25) is 10.0 Å². The van der Waals surface area contributed by atoms with Gasteiger partial charge in [-0.05, 0) is 49.4 Å². The summed E-state index contributed by atoms with van der Waals surface area (Å²) < 4.78 is 0. The standard InChI is InChI=1S/C17H27Cl2N/c1-4-10-20-16(7-5-6-13(2)3)11-14-8-9-15(18)12-17(14)19/h8-9,12-13,16,20H,4-7,10-11H2,1-3H3. The second-order valence-corrected chi connectivity index (χ2v) is 6.76. The van der Waals surface area contributed by atoms with Gasteiger partial charge in [-0.25, -0.2) is 0 Å². The average Bonchev–Trinajstić information content (AvgIpc) is 2.38. The van der Waals surface area contributed by atoms with Gasteiger partial charge in [0.05, 0.1) is 0 Å². The van der Waals surface area contributed by atoms with Gasteiger partial charge in [0, 0.05) is 16.1 Å². The quantitative estimate of drug-likeness (QED) is 0.613. The van der Waals surface area contributed by atoms with E-state index in [2.05, 4.69) is 26.1 Å². The van der Waals surface area contributed by atoms with E-state index in [-0.39, 0.29) is 0 Å². The number of nitrogens with one attached hydrogen (secondary N) is 1. The van der Waals surface area contributed by atoms with Crippen molar-refractivity contribution in [3.63, 3.8) is 0 Å². The van der Waals surface area contributed by atoms with Crippen LogP contribution in [0, 0.1) is 5.92 Å². The second kappa shape index (κ2) is 9.65. The summed E-state index contributed by atoms with van der Waals surface area (Å²) in [4.78, 5) is 0. The summed E-state index contributed by atoms with van der Waals surface area (Å²) in [6, 6.07) is 6.32. The van der Waals surface area contributed by atoms with Crippen molar-refractivity contribution in [1.82, 2.24) is 5.32 Å². The smallest absolute Gasteiger partial charge is 0.0453 e. The highest BCUT2D eigenvalue weighted by molar-refractivity contribution is 6.35. The maximum atomic E-state index is 6.28. The normalized spacial score (nSPS) is 12.9. The Morgan fingerprint density at radius 1 is 1.15 bits per heavy atom. The van der Waals surface area contributed by atoms with Gasteiger partial charge in [-0.3, -0.25) is 0 Å². The van der Waals surface area contributed by atoms with Crippen LogP contribution >= 0.6 is 23.2 Å². The van der Waals surface area contributed by atoms with Gasteiger partial charge < -0.3 is 5.32 Å². The molecule has 3 heteroatoms. The summed E-state index contributed by atoms with van der Waals surface area (Å²) in [5, 5.41) is 5.13. The molecule has 0 spiro atoms. The van der Waals surface area contributed by atoms with Crippen LogP contribution < -0.4 is 5.32 Å². The van der Waals surface area contributed by atoms with Crippen LogP contribution in [0.5, 0.6) is 0 Å². The molecule has 0 fully saturated rings. The van der Waals surface area contributed by atoms with Crippen LogP contribution in [-0.2, 0) is 6.42 Å². The van der Waals surface area contributed by atoms with Crippen molar-refractivity contribution in [3.8, 4) is 0 Å². The zero-order valence-corrected chi connectivity index (χ0v) is 14.4. The van der Waals surface area contributed by atoms with E-state index in [1.807, 2.05) is 18.2 Å². The molecule has 0 aliphatic heterocycles. The van der Waals surface area contributed by atoms with Crippen molar-refractivity contribution in [3.05, 3.63) is 33.8 Å². The minimum Gasteiger partial charge on any atom is -0.314 e. The summed E-state index contributed by atoms with van der Waals surface area (Å²) in [5.41, 5.74) is 1.19. The third kappa shape index (κ3) is 6.97. The summed E-state index contributed by atoms with van der Waals surface area (Å²) in [6.07, 6.45) is 5.91. The monoisotopic (exact) mass is 315 g/mol. The molecule has 1 aromatic carbocycles. The summed E-state index contributed by atoms with van der Waals surface area (Å²) in [5.74, 6) is 0.779. The lowest BCUT2D eigenvalue weighted by Gasteiger charge is -2.20. The van der Waals surface area contributed by atoms with Gasteiger partial charge in [-0.1, -0.05) is 62.9 Å². The van der Waals surface area contributed by atoms with E-state index in [9.17, 15) is 0 Å². The van der Waals surface area contributed by atoms with Crippen molar-refractivity contribution in [2.45, 2.75) is 58.9 Å². The highest BCUT2D eigenvalue weighted by Gasteiger charge is 2.11. The second-order valence-electron chi connectivity index (χ2n) is 5.92. The highest BCUT2D eigenvalue weighted by Crippen LogP contribution is 2.23. The predicted molar refractivity (Wildman–Crippen MR) is 90.9 cm³/mol. The maximum absolute atomic E-state index is 6.28. The first kappa shape index (κ1) is 17.8. The van der Waals surface area contributed by atoms with Crippen molar-refractivity contribution in [2.75, 3.05) is 6.54 Å². The Labute approximate surface area is 134 Å². The van der Waals surface area contributed by atoms with E-state index in [1.54, 1.807) is 0 Å². The van der Waals surface area contributed by atoms with Crippen molar-refractivity contribution >= 4 is 23.2 Å². The molecule has 0 aromatic heterocycles. The SMILES string of the molecule is CCCNC(CCCC(C)C)Cc1ccc(Cl)cc1Cl. The molecule has 1 atom stereocenters. The Morgan fingerprint density at radius 2 is 1.90 bits per heavy atom. The number of halogens is 2. The van der Waals surface area contributed by atoms with Gasteiger partial charge in [0.15, 0.2) is 0 Å². The van der Waals surface area contributed by atoms with Crippen LogP contribution in [-0.4, -0.2) is 12.6 Å². The molecular formula is C17H27Cl2N. The van der Waals surface area contributed by atoms with Crippen molar-refractivity contribution < 1.29 is 0 Å². The Bertz CT molecular complexity index is 391. The molecule has 20 heavy (non-hydrogen) atoms. The van der Waals surface area contributed by atoms with Gasteiger partial charge >= 0.3 is 0 Å². The third-order valence-electron chi connectivity index (χ3n) is 3.50. The predicted octanol–water partition coefficient (Wildman–Crippen LogP) is 5.73. The molecule has 0 bridgehead atoms. The first-order valence-electron chi connectivity index (χ1n) is 7.70. The molecule has 0 radical (unpaired) electrons. The maximum Gasteiger partial charge on any atom is 0.0453 e. The number of hydrogen-bond donors (Lipinski definition) is 1. The third-order valence-corrected chi connectivity index (χ3v) is 4.09. The minimum absolute atomic E-state index is 0.507. The highest BCUT2D eigenvalue weighted by atomic mass is 35.5. The lowest BCUT2D eigenvalue weighted by molar-refractivity contribution is 0.434. The fourth-order valence-electron chi connectivity index (χ4n) is 2.35. The summed E-state index contributed by atoms with van der Waals surface area (Å²) in [7, 11) is 0. The van der Waals surface area contributed by atoms with E-state index in [1.165, 1.54) is 24.8 Å². The molecule has 1 N–H and O–H groups in total. The molecule has 0 saturated heterocycles. The van der Waals surface area contributed by atoms with Gasteiger partial charge in [0.25, 0.3) is 0 Å². The number of hydrogen-bond acceptors (Lipinski definition) is 1. The first-order valence-corrected chi connectivity index (χ1v) is 8.45. The van der Waals surface area contributed by atoms with Crippen LogP contribution in [0.1, 0.15) is 52.0 Å². The van der Waals surface area contributed by atoms with Gasteiger partial charge in [-0.15, -0.1) is 0 Å². The van der Waals surface area contributed by atoms with Crippen LogP contribution in [0.15, 0.2) is 18.2 Å². The van der Waals surface area contributed by atoms with E-state index in [0.717, 1.165) is 30.3 Å². The molecule has 1 rings (SSSR count). The van der Waals surface area contributed by atoms with E-state index in [0.29, 0.717) is 11.1 Å². The molecule has 1 nitrogen and oxygen atoms in total. The fraction of sp³-hybridized carbons (Fsp3) is 0.647. The molecule has 1 aromatic rings. The molecule has 114 valence electrons. The molecule has 0 heterocycles. The Morgan fingerprint density at radius 3 is 2.50 bits per heavy atom. The van der Waals surface area contributed by atoms with Gasteiger partial charge in [0.2, 0.25) is 0 Å². The molecule has 1 unspecified atom stereocenters. The minimum atomic E-state index is 0.507. The zero-order chi connectivity index (χ0) is 15.0. The van der Waals surface area contributed by atoms with E-state index in [4.69, 9.17) is 23.2 Å². The molecular weight excluding hydrogens is 289 g/mol. The zero-order valence-electron chi connectivity index (χ0n) is 12.9. The molecule has 0 amide bonds. The van der Waals surface area contributed by atoms with Crippen LogP contribution in [0.25, 0.3) is 0 Å². The van der Waals surface area contributed by atoms with Gasteiger partial charge in [0.1, 0.15) is 0 Å². The van der Waals surface area contributed by atoms with Crippen molar-refractivity contribution in [1.29, 1.82) is 0 Å². The van der Waals surface area contributed by atoms with Crippen LogP contribution in [0.4, 0.5) is 0 Å².